The smallest absolute Gasteiger partial charge is 0.406 e. The number of anilines is 1. The van der Waals surface area contributed by atoms with E-state index in [1.807, 2.05) is 20.8 Å². The van der Waals surface area contributed by atoms with Gasteiger partial charge in [0.15, 0.2) is 17.4 Å². The molecule has 0 saturated carbocycles. The number of ether oxygens (including phenoxy) is 3. The van der Waals surface area contributed by atoms with Gasteiger partial charge in [0.25, 0.3) is 0 Å². The van der Waals surface area contributed by atoms with Gasteiger partial charge in [0.2, 0.25) is 11.8 Å². The van der Waals surface area contributed by atoms with Crippen LogP contribution in [0.1, 0.15) is 54.2 Å². The Kier molecular flexibility index (Phi) is 8.56. The van der Waals surface area contributed by atoms with E-state index in [1.54, 1.807) is 25.3 Å². The first-order valence-corrected chi connectivity index (χ1v) is 14.6. The van der Waals surface area contributed by atoms with E-state index >= 15 is 0 Å². The molecule has 4 rings (SSSR count). The van der Waals surface area contributed by atoms with E-state index in [9.17, 15) is 9.36 Å². The number of carbonyl (C=O) groups is 1. The summed E-state index contributed by atoms with van der Waals surface area (Å²) in [6.45, 7) is 11.5. The number of nitrogens with zero attached hydrogens (tertiary/aromatic N) is 4. The molecular formula is C23H36ClN6O7P. The first kappa shape index (κ1) is 29.0. The first-order chi connectivity index (χ1) is 17.8. The van der Waals surface area contributed by atoms with Crippen molar-refractivity contribution < 1.29 is 32.6 Å². The number of esters is 1. The van der Waals surface area contributed by atoms with Crippen molar-refractivity contribution in [2.45, 2.75) is 77.3 Å². The Morgan fingerprint density at radius 2 is 2.11 bits per heavy atom. The molecule has 6 atom stereocenters. The quantitative estimate of drug-likeness (QED) is 0.242. The van der Waals surface area contributed by atoms with Crippen LogP contribution in [0.25, 0.3) is 11.2 Å². The van der Waals surface area contributed by atoms with Crippen LogP contribution in [-0.2, 0) is 27.9 Å². The summed E-state index contributed by atoms with van der Waals surface area (Å²) < 4.78 is 44.2. The highest BCUT2D eigenvalue weighted by atomic mass is 35.5. The minimum absolute atomic E-state index is 0.0111. The van der Waals surface area contributed by atoms with Gasteiger partial charge < -0.3 is 19.9 Å². The van der Waals surface area contributed by atoms with Crippen LogP contribution < -0.4 is 15.6 Å². The van der Waals surface area contributed by atoms with Crippen molar-refractivity contribution in [3.05, 3.63) is 6.33 Å². The summed E-state index contributed by atoms with van der Waals surface area (Å²) in [4.78, 5) is 23.6. The Bertz CT molecular complexity index is 1210. The maximum Gasteiger partial charge on any atom is 0.406 e. The van der Waals surface area contributed by atoms with Crippen molar-refractivity contribution in [1.29, 1.82) is 0 Å². The van der Waals surface area contributed by atoms with Gasteiger partial charge in [0.1, 0.15) is 23.7 Å². The third kappa shape index (κ3) is 5.93. The molecule has 13 nitrogen and oxygen atoms in total. The van der Waals surface area contributed by atoms with Gasteiger partial charge in [-0.3, -0.25) is 18.4 Å². The van der Waals surface area contributed by atoms with E-state index in [2.05, 4.69) is 20.0 Å². The molecule has 2 aliphatic rings. The lowest BCUT2D eigenvalue weighted by Gasteiger charge is -2.36. The van der Waals surface area contributed by atoms with E-state index in [0.29, 0.717) is 24.2 Å². The molecular weight excluding hydrogens is 539 g/mol. The van der Waals surface area contributed by atoms with Crippen molar-refractivity contribution >= 4 is 42.4 Å². The largest absolute Gasteiger partial charge is 0.476 e. The SMILES string of the molecule is CCOc1nc(N)nc2c1ncn2[C@@H]1O[C@@H]2CO[P@](=O)(N[C@@H](COC(=O)C(C)C)CC(C)C)O[C@H]2[C@@]1(C)Cl. The van der Waals surface area contributed by atoms with Crippen molar-refractivity contribution in [3.63, 3.8) is 0 Å². The second-order valence-electron chi connectivity index (χ2n) is 10.4. The first-order valence-electron chi connectivity index (χ1n) is 12.7. The second-order valence-corrected chi connectivity index (χ2v) is 12.9. The van der Waals surface area contributed by atoms with Crippen LogP contribution in [0.15, 0.2) is 6.33 Å². The molecule has 212 valence electrons. The average Bonchev–Trinajstić information content (AvgIpc) is 3.34. The zero-order valence-electron chi connectivity index (χ0n) is 22.4. The van der Waals surface area contributed by atoms with E-state index in [0.717, 1.165) is 0 Å². The maximum absolute atomic E-state index is 13.7. The van der Waals surface area contributed by atoms with Gasteiger partial charge in [-0.2, -0.15) is 9.97 Å². The summed E-state index contributed by atoms with van der Waals surface area (Å²) in [6.07, 6.45) is -0.123. The van der Waals surface area contributed by atoms with Crippen LogP contribution >= 0.6 is 19.3 Å². The van der Waals surface area contributed by atoms with Crippen LogP contribution in [0.5, 0.6) is 5.88 Å². The predicted octanol–water partition coefficient (Wildman–Crippen LogP) is 3.43. The number of nitrogen functional groups attached to an aromatic ring is 1. The lowest BCUT2D eigenvalue weighted by molar-refractivity contribution is -0.148. The third-order valence-electron chi connectivity index (χ3n) is 6.28. The fraction of sp³-hybridized carbons (Fsp3) is 0.739. The number of nitrogens with two attached hydrogens (primary N) is 1. The number of fused-ring (bicyclic) bond motifs is 2. The van der Waals surface area contributed by atoms with Gasteiger partial charge in [-0.05, 0) is 26.2 Å². The van der Waals surface area contributed by atoms with Crippen LogP contribution in [0, 0.1) is 11.8 Å². The zero-order valence-corrected chi connectivity index (χ0v) is 24.1. The molecule has 0 aromatic carbocycles. The zero-order chi connectivity index (χ0) is 27.8. The molecule has 0 radical (unpaired) electrons. The molecule has 3 N–H and O–H groups in total. The highest BCUT2D eigenvalue weighted by Crippen LogP contribution is 2.58. The Balaban J connectivity index is 1.55. The number of halogens is 1. The van der Waals surface area contributed by atoms with Gasteiger partial charge in [-0.1, -0.05) is 27.7 Å². The fourth-order valence-corrected chi connectivity index (χ4v) is 6.77. The average molecular weight is 575 g/mol. The van der Waals surface area contributed by atoms with Crippen molar-refractivity contribution in [3.8, 4) is 5.88 Å². The van der Waals surface area contributed by atoms with E-state index in [4.69, 9.17) is 40.6 Å². The van der Waals surface area contributed by atoms with Gasteiger partial charge in [-0.25, -0.2) is 14.6 Å². The third-order valence-corrected chi connectivity index (χ3v) is 8.35. The Hall–Kier alpha value is -2.02. The van der Waals surface area contributed by atoms with Gasteiger partial charge >= 0.3 is 13.7 Å². The summed E-state index contributed by atoms with van der Waals surface area (Å²) >= 11 is 7.05. The minimum atomic E-state index is -3.83. The number of alkyl halides is 1. The van der Waals surface area contributed by atoms with Crippen LogP contribution in [-0.4, -0.2) is 68.4 Å². The second kappa shape index (κ2) is 11.2. The molecule has 0 aliphatic carbocycles. The monoisotopic (exact) mass is 574 g/mol. The van der Waals surface area contributed by atoms with Gasteiger partial charge in [0.05, 0.1) is 31.5 Å². The molecule has 0 amide bonds. The van der Waals surface area contributed by atoms with Gasteiger partial charge in [0, 0.05) is 0 Å². The summed E-state index contributed by atoms with van der Waals surface area (Å²) in [5.74, 6) is -0.116. The van der Waals surface area contributed by atoms with E-state index in [-0.39, 0.29) is 42.8 Å². The van der Waals surface area contributed by atoms with E-state index in [1.165, 1.54) is 6.33 Å². The molecule has 2 aromatic heterocycles. The highest BCUT2D eigenvalue weighted by Gasteiger charge is 2.60. The molecule has 2 aliphatic heterocycles. The van der Waals surface area contributed by atoms with Gasteiger partial charge in [-0.15, -0.1) is 11.6 Å². The van der Waals surface area contributed by atoms with Crippen molar-refractivity contribution in [2.75, 3.05) is 25.6 Å². The number of rotatable bonds is 10. The number of hydrogen-bond acceptors (Lipinski definition) is 11. The Morgan fingerprint density at radius 3 is 2.76 bits per heavy atom. The van der Waals surface area contributed by atoms with Crippen molar-refractivity contribution in [1.82, 2.24) is 24.6 Å². The molecule has 2 aromatic rings. The maximum atomic E-state index is 13.7. The molecule has 4 heterocycles. The fourth-order valence-electron chi connectivity index (χ4n) is 4.54. The molecule has 0 unspecified atom stereocenters. The number of hydrogen-bond donors (Lipinski definition) is 2. The molecule has 38 heavy (non-hydrogen) atoms. The topological polar surface area (TPSA) is 162 Å². The number of aromatic nitrogens is 4. The van der Waals surface area contributed by atoms with Crippen LogP contribution in [0.4, 0.5) is 5.95 Å². The Labute approximate surface area is 226 Å². The summed E-state index contributed by atoms with van der Waals surface area (Å²) in [5, 5.41) is 2.96. The van der Waals surface area contributed by atoms with Crippen LogP contribution in [0.2, 0.25) is 0 Å². The molecule has 0 spiro atoms. The number of nitrogens with one attached hydrogen (secondary N) is 1. The Morgan fingerprint density at radius 1 is 1.37 bits per heavy atom. The highest BCUT2D eigenvalue weighted by molar-refractivity contribution is 7.51. The minimum Gasteiger partial charge on any atom is -0.476 e. The molecule has 0 bridgehead atoms. The lowest BCUT2D eigenvalue weighted by Crippen LogP contribution is -2.47. The summed E-state index contributed by atoms with van der Waals surface area (Å²) in [5.41, 5.74) is 6.69. The summed E-state index contributed by atoms with van der Waals surface area (Å²) in [6, 6.07) is -0.450. The van der Waals surface area contributed by atoms with Crippen molar-refractivity contribution in [2.24, 2.45) is 11.8 Å². The number of carbonyl (C=O) groups excluding carboxylic acids is 1. The predicted molar refractivity (Wildman–Crippen MR) is 140 cm³/mol. The molecule has 2 fully saturated rings. The normalized spacial score (nSPS) is 30.1. The van der Waals surface area contributed by atoms with E-state index < -0.39 is 37.1 Å². The summed E-state index contributed by atoms with van der Waals surface area (Å²) in [7, 11) is -3.83. The molecule has 15 heteroatoms. The lowest BCUT2D eigenvalue weighted by atomic mass is 10.0. The molecule has 2 saturated heterocycles. The standard InChI is InChI=1S/C23H36ClN6O7P/c1-7-33-19-16-18(27-22(25)28-19)30(11-26-16)21-23(6,24)17-15(36-21)10-35-38(32,37-17)29-14(8-12(2)3)9-34-20(31)13(4)5/h11-15,17,21H,7-10H2,1-6H3,(H,29,32)(H2,25,27,28)/t14-,15-,17-,21-,23-,38-/m1/s1. The number of imidazole rings is 1. The van der Waals surface area contributed by atoms with Crippen LogP contribution in [0.3, 0.4) is 0 Å².